The Morgan fingerprint density at radius 2 is 1.83 bits per heavy atom. The molecule has 5 rings (SSSR count). The van der Waals surface area contributed by atoms with E-state index in [1.807, 2.05) is 42.5 Å². The molecule has 0 N–H and O–H groups in total. The summed E-state index contributed by atoms with van der Waals surface area (Å²) in [5, 5.41) is 0. The van der Waals surface area contributed by atoms with Crippen molar-refractivity contribution < 1.29 is 23.9 Å². The minimum Gasteiger partial charge on any atom is -0.450 e. The molecule has 158 valence electrons. The SMILES string of the molecule is CCOC(=O)N1CCN(C(=O)C2C3C=CC4(CN(c5ccccc5)C(=O)C24)O3)CC1. The second-order valence-electron chi connectivity index (χ2n) is 8.17. The van der Waals surface area contributed by atoms with Gasteiger partial charge in [0, 0.05) is 31.9 Å². The van der Waals surface area contributed by atoms with Gasteiger partial charge in [-0.15, -0.1) is 0 Å². The Morgan fingerprint density at radius 3 is 2.53 bits per heavy atom. The van der Waals surface area contributed by atoms with Gasteiger partial charge in [0.1, 0.15) is 5.60 Å². The molecule has 1 spiro atoms. The number of hydrogen-bond donors (Lipinski definition) is 0. The zero-order valence-electron chi connectivity index (χ0n) is 16.9. The van der Waals surface area contributed by atoms with Crippen molar-refractivity contribution in [2.75, 3.05) is 44.2 Å². The maximum Gasteiger partial charge on any atom is 0.409 e. The Labute approximate surface area is 175 Å². The van der Waals surface area contributed by atoms with E-state index in [-0.39, 0.29) is 24.0 Å². The number of amides is 3. The van der Waals surface area contributed by atoms with E-state index in [1.54, 1.807) is 21.6 Å². The first-order chi connectivity index (χ1) is 14.5. The van der Waals surface area contributed by atoms with Crippen LogP contribution in [0.15, 0.2) is 42.5 Å². The molecule has 1 aromatic carbocycles. The number of para-hydroxylation sites is 1. The molecule has 8 heteroatoms. The lowest BCUT2D eigenvalue weighted by Crippen LogP contribution is -2.54. The highest BCUT2D eigenvalue weighted by atomic mass is 16.6. The molecular weight excluding hydrogens is 386 g/mol. The van der Waals surface area contributed by atoms with E-state index in [0.29, 0.717) is 39.3 Å². The van der Waals surface area contributed by atoms with Crippen LogP contribution in [0.25, 0.3) is 0 Å². The third kappa shape index (κ3) is 2.81. The lowest BCUT2D eigenvalue weighted by Gasteiger charge is -2.36. The standard InChI is InChI=1S/C22H25N3O5/c1-2-29-21(28)24-12-10-23(11-13-24)19(26)17-16-8-9-22(30-16)14-25(20(27)18(17)22)15-6-4-3-5-7-15/h3-9,16-18H,2,10-14H2,1H3. The number of carbonyl (C=O) groups is 3. The fourth-order valence-corrected chi connectivity index (χ4v) is 5.14. The average Bonchev–Trinajstić information content (AvgIpc) is 3.42. The number of benzene rings is 1. The lowest BCUT2D eigenvalue weighted by atomic mass is 9.76. The summed E-state index contributed by atoms with van der Waals surface area (Å²) in [5.41, 5.74) is 0.0889. The highest BCUT2D eigenvalue weighted by molar-refractivity contribution is 6.03. The van der Waals surface area contributed by atoms with Crippen LogP contribution in [-0.2, 0) is 19.1 Å². The van der Waals surface area contributed by atoms with Gasteiger partial charge in [-0.2, -0.15) is 0 Å². The van der Waals surface area contributed by atoms with Gasteiger partial charge in [-0.25, -0.2) is 4.79 Å². The van der Waals surface area contributed by atoms with Crippen molar-refractivity contribution in [1.82, 2.24) is 9.80 Å². The second kappa shape index (κ2) is 7.12. The van der Waals surface area contributed by atoms with E-state index in [1.165, 1.54) is 0 Å². The first-order valence-electron chi connectivity index (χ1n) is 10.5. The van der Waals surface area contributed by atoms with Crippen LogP contribution in [0, 0.1) is 11.8 Å². The van der Waals surface area contributed by atoms with E-state index in [2.05, 4.69) is 0 Å². The first kappa shape index (κ1) is 19.1. The number of anilines is 1. The van der Waals surface area contributed by atoms with E-state index >= 15 is 0 Å². The van der Waals surface area contributed by atoms with Crippen molar-refractivity contribution in [3.05, 3.63) is 42.5 Å². The summed E-state index contributed by atoms with van der Waals surface area (Å²) >= 11 is 0. The quantitative estimate of drug-likeness (QED) is 0.700. The van der Waals surface area contributed by atoms with Gasteiger partial charge in [-0.05, 0) is 19.1 Å². The predicted molar refractivity (Wildman–Crippen MR) is 108 cm³/mol. The number of carbonyl (C=O) groups excluding carboxylic acids is 3. The number of ether oxygens (including phenoxy) is 2. The number of rotatable bonds is 3. The molecule has 30 heavy (non-hydrogen) atoms. The molecule has 4 atom stereocenters. The topological polar surface area (TPSA) is 79.4 Å². The van der Waals surface area contributed by atoms with Crippen LogP contribution in [-0.4, -0.2) is 78.7 Å². The summed E-state index contributed by atoms with van der Waals surface area (Å²) in [4.78, 5) is 43.8. The number of fused-ring (bicyclic) bond motifs is 1. The minimum absolute atomic E-state index is 0.0587. The van der Waals surface area contributed by atoms with Crippen molar-refractivity contribution in [3.8, 4) is 0 Å². The molecule has 4 heterocycles. The van der Waals surface area contributed by atoms with Gasteiger partial charge in [-0.3, -0.25) is 9.59 Å². The predicted octanol–water partition coefficient (Wildman–Crippen LogP) is 1.27. The van der Waals surface area contributed by atoms with Gasteiger partial charge >= 0.3 is 6.09 Å². The smallest absolute Gasteiger partial charge is 0.409 e. The molecule has 0 aromatic heterocycles. The van der Waals surface area contributed by atoms with Crippen LogP contribution in [0.2, 0.25) is 0 Å². The normalized spacial score (nSPS) is 32.0. The van der Waals surface area contributed by atoms with Gasteiger partial charge in [0.2, 0.25) is 11.8 Å². The van der Waals surface area contributed by atoms with Crippen molar-refractivity contribution >= 4 is 23.6 Å². The van der Waals surface area contributed by atoms with Crippen LogP contribution < -0.4 is 4.90 Å². The van der Waals surface area contributed by atoms with Gasteiger partial charge in [0.15, 0.2) is 0 Å². The maximum absolute atomic E-state index is 13.4. The van der Waals surface area contributed by atoms with Gasteiger partial charge in [0.25, 0.3) is 0 Å². The van der Waals surface area contributed by atoms with E-state index < -0.39 is 17.4 Å². The van der Waals surface area contributed by atoms with Crippen molar-refractivity contribution in [2.24, 2.45) is 11.8 Å². The molecule has 3 fully saturated rings. The molecule has 0 saturated carbocycles. The van der Waals surface area contributed by atoms with Gasteiger partial charge in [-0.1, -0.05) is 30.4 Å². The largest absolute Gasteiger partial charge is 0.450 e. The molecule has 4 aliphatic rings. The van der Waals surface area contributed by atoms with E-state index in [4.69, 9.17) is 9.47 Å². The molecule has 0 aliphatic carbocycles. The van der Waals surface area contributed by atoms with Crippen molar-refractivity contribution in [1.29, 1.82) is 0 Å². The van der Waals surface area contributed by atoms with Gasteiger partial charge < -0.3 is 24.2 Å². The third-order valence-electron chi connectivity index (χ3n) is 6.57. The van der Waals surface area contributed by atoms with E-state index in [9.17, 15) is 14.4 Å². The molecule has 0 radical (unpaired) electrons. The summed E-state index contributed by atoms with van der Waals surface area (Å²) in [5.74, 6) is -1.16. The summed E-state index contributed by atoms with van der Waals surface area (Å²) in [7, 11) is 0. The third-order valence-corrected chi connectivity index (χ3v) is 6.57. The van der Waals surface area contributed by atoms with Crippen LogP contribution in [0.3, 0.4) is 0 Å². The average molecular weight is 411 g/mol. The molecule has 1 aromatic rings. The highest BCUT2D eigenvalue weighted by Crippen LogP contribution is 2.53. The second-order valence-corrected chi connectivity index (χ2v) is 8.17. The number of hydrogen-bond acceptors (Lipinski definition) is 5. The van der Waals surface area contributed by atoms with Crippen LogP contribution >= 0.6 is 0 Å². The zero-order valence-corrected chi connectivity index (χ0v) is 16.9. The molecular formula is C22H25N3O5. The molecule has 4 unspecified atom stereocenters. The molecule has 8 nitrogen and oxygen atoms in total. The Balaban J connectivity index is 1.33. The molecule has 2 bridgehead atoms. The Morgan fingerprint density at radius 1 is 1.13 bits per heavy atom. The first-order valence-corrected chi connectivity index (χ1v) is 10.5. The highest BCUT2D eigenvalue weighted by Gasteiger charge is 2.67. The summed E-state index contributed by atoms with van der Waals surface area (Å²) in [6.45, 7) is 4.25. The summed E-state index contributed by atoms with van der Waals surface area (Å²) in [6.07, 6.45) is 3.17. The van der Waals surface area contributed by atoms with Gasteiger partial charge in [0.05, 0.1) is 31.1 Å². The van der Waals surface area contributed by atoms with Crippen LogP contribution in [0.5, 0.6) is 0 Å². The Bertz CT molecular complexity index is 895. The Kier molecular flexibility index (Phi) is 4.54. The zero-order chi connectivity index (χ0) is 20.9. The van der Waals surface area contributed by atoms with Crippen molar-refractivity contribution in [3.63, 3.8) is 0 Å². The lowest BCUT2D eigenvalue weighted by molar-refractivity contribution is -0.141. The summed E-state index contributed by atoms with van der Waals surface area (Å²) < 4.78 is 11.3. The fourth-order valence-electron chi connectivity index (χ4n) is 5.14. The molecule has 4 aliphatic heterocycles. The van der Waals surface area contributed by atoms with E-state index in [0.717, 1.165) is 5.69 Å². The van der Waals surface area contributed by atoms with Crippen LogP contribution in [0.1, 0.15) is 6.92 Å². The minimum atomic E-state index is -0.731. The summed E-state index contributed by atoms with van der Waals surface area (Å²) in [6, 6.07) is 9.50. The monoisotopic (exact) mass is 411 g/mol. The molecule has 3 saturated heterocycles. The number of nitrogens with zero attached hydrogens (tertiary/aromatic N) is 3. The number of piperazine rings is 1. The fraction of sp³-hybridized carbons (Fsp3) is 0.500. The maximum atomic E-state index is 13.4. The van der Waals surface area contributed by atoms with Crippen LogP contribution in [0.4, 0.5) is 10.5 Å². The molecule has 3 amide bonds. The Hall–Kier alpha value is -2.87. The van der Waals surface area contributed by atoms with Crippen molar-refractivity contribution in [2.45, 2.75) is 18.6 Å².